The van der Waals surface area contributed by atoms with Crippen molar-refractivity contribution in [3.05, 3.63) is 42.1 Å². The average molecular weight is 550 g/mol. The highest BCUT2D eigenvalue weighted by Gasteiger charge is 2.57. The maximum absolute atomic E-state index is 14.5. The van der Waals surface area contributed by atoms with Crippen LogP contribution in [-0.2, 0) is 9.59 Å². The number of β-amino-alcohol motifs (C(OH)–C–C–N with tert-alkyl or cyclic N) is 1. The van der Waals surface area contributed by atoms with Crippen LogP contribution in [0.2, 0.25) is 0 Å². The standard InChI is InChI=1S/C20H18F2N4O6.C6H15N/c21-12-7-15(13(22)6-14(12)24-17(28)20(2-3-20)18(29)30)32-11-1-4-23-16(5-11)25-19(31)26-8-10(27)9-26;1-4-7(5-2)6-3/h1,4-7,10,27H,2-3,8-9H2,(H,24,28)(H,29,30)(H,23,25,31);4-6H2,1-3H3. The molecule has 4 N–H and O–H groups in total. The number of urea groups is 1. The topological polar surface area (TPSA) is 144 Å². The second-order valence-electron chi connectivity index (χ2n) is 9.19. The lowest BCUT2D eigenvalue weighted by Gasteiger charge is -2.35. The molecular formula is C26H33F2N5O6. The van der Waals surface area contributed by atoms with Gasteiger partial charge in [-0.3, -0.25) is 14.9 Å². The van der Waals surface area contributed by atoms with Crippen LogP contribution in [0.15, 0.2) is 30.5 Å². The van der Waals surface area contributed by atoms with Gasteiger partial charge in [-0.05, 0) is 38.5 Å². The molecule has 3 amide bonds. The second kappa shape index (κ2) is 12.8. The lowest BCUT2D eigenvalue weighted by Crippen LogP contribution is -2.54. The number of amides is 3. The number of nitrogens with one attached hydrogen (secondary N) is 2. The Balaban J connectivity index is 0.000000532. The predicted molar refractivity (Wildman–Crippen MR) is 139 cm³/mol. The van der Waals surface area contributed by atoms with Crippen molar-refractivity contribution >= 4 is 29.4 Å². The molecule has 1 aromatic carbocycles. The van der Waals surface area contributed by atoms with Gasteiger partial charge in [0.15, 0.2) is 17.4 Å². The number of likely N-dealkylation sites (tertiary alicyclic amines) is 1. The van der Waals surface area contributed by atoms with Crippen molar-refractivity contribution in [2.24, 2.45) is 5.41 Å². The fourth-order valence-corrected chi connectivity index (χ4v) is 3.76. The molecule has 1 aliphatic heterocycles. The number of aliphatic hydroxyl groups is 1. The first-order chi connectivity index (χ1) is 18.5. The molecule has 1 saturated heterocycles. The number of hydrogen-bond donors (Lipinski definition) is 4. The summed E-state index contributed by atoms with van der Waals surface area (Å²) in [4.78, 5) is 43.0. The third-order valence-corrected chi connectivity index (χ3v) is 6.55. The quantitative estimate of drug-likeness (QED) is 0.348. The highest BCUT2D eigenvalue weighted by atomic mass is 19.1. The maximum Gasteiger partial charge on any atom is 0.323 e. The lowest BCUT2D eigenvalue weighted by atomic mass is 10.1. The molecule has 0 unspecified atom stereocenters. The number of nitrogens with zero attached hydrogens (tertiary/aromatic N) is 3. The monoisotopic (exact) mass is 549 g/mol. The second-order valence-corrected chi connectivity index (χ2v) is 9.19. The van der Waals surface area contributed by atoms with Gasteiger partial charge in [0, 0.05) is 24.4 Å². The van der Waals surface area contributed by atoms with E-state index < -0.39 is 52.5 Å². The normalized spacial score (nSPS) is 15.5. The Morgan fingerprint density at radius 2 is 1.72 bits per heavy atom. The van der Waals surface area contributed by atoms with Crippen LogP contribution in [0.25, 0.3) is 0 Å². The van der Waals surface area contributed by atoms with Gasteiger partial charge in [-0.25, -0.2) is 18.6 Å². The summed E-state index contributed by atoms with van der Waals surface area (Å²) in [5, 5.41) is 23.0. The Morgan fingerprint density at radius 3 is 2.23 bits per heavy atom. The third-order valence-electron chi connectivity index (χ3n) is 6.55. The molecule has 0 atom stereocenters. The summed E-state index contributed by atoms with van der Waals surface area (Å²) >= 11 is 0. The van der Waals surface area contributed by atoms with Crippen molar-refractivity contribution in [2.75, 3.05) is 43.4 Å². The van der Waals surface area contributed by atoms with Gasteiger partial charge in [0.2, 0.25) is 5.91 Å². The van der Waals surface area contributed by atoms with E-state index in [2.05, 4.69) is 41.3 Å². The molecule has 0 spiro atoms. The number of anilines is 2. The highest BCUT2D eigenvalue weighted by Crippen LogP contribution is 2.47. The summed E-state index contributed by atoms with van der Waals surface area (Å²) in [6.07, 6.45) is 0.977. The number of aromatic nitrogens is 1. The van der Waals surface area contributed by atoms with E-state index in [1.54, 1.807) is 0 Å². The van der Waals surface area contributed by atoms with Crippen molar-refractivity contribution in [1.29, 1.82) is 0 Å². The largest absolute Gasteiger partial charge is 0.480 e. The van der Waals surface area contributed by atoms with Crippen LogP contribution >= 0.6 is 0 Å². The number of pyridine rings is 1. The van der Waals surface area contributed by atoms with Gasteiger partial charge < -0.3 is 30.1 Å². The molecule has 1 saturated carbocycles. The average Bonchev–Trinajstić information content (AvgIpc) is 3.69. The fourth-order valence-electron chi connectivity index (χ4n) is 3.76. The molecule has 0 bridgehead atoms. The van der Waals surface area contributed by atoms with E-state index in [1.807, 2.05) is 0 Å². The molecule has 2 aromatic rings. The van der Waals surface area contributed by atoms with Gasteiger partial charge in [-0.1, -0.05) is 20.8 Å². The molecule has 13 heteroatoms. The van der Waals surface area contributed by atoms with E-state index in [0.29, 0.717) is 12.1 Å². The summed E-state index contributed by atoms with van der Waals surface area (Å²) in [6.45, 7) is 10.5. The molecule has 212 valence electrons. The molecule has 2 aliphatic rings. The number of carbonyl (C=O) groups is 3. The smallest absolute Gasteiger partial charge is 0.323 e. The Morgan fingerprint density at radius 1 is 1.08 bits per heavy atom. The number of hydrogen-bond acceptors (Lipinski definition) is 7. The summed E-state index contributed by atoms with van der Waals surface area (Å²) in [5.74, 6) is -4.59. The van der Waals surface area contributed by atoms with E-state index in [0.717, 1.165) is 0 Å². The summed E-state index contributed by atoms with van der Waals surface area (Å²) in [6, 6.07) is 3.59. The number of rotatable bonds is 9. The molecule has 1 aliphatic carbocycles. The highest BCUT2D eigenvalue weighted by molar-refractivity contribution is 6.10. The summed E-state index contributed by atoms with van der Waals surface area (Å²) < 4.78 is 34.2. The van der Waals surface area contributed by atoms with Gasteiger partial charge >= 0.3 is 12.0 Å². The van der Waals surface area contributed by atoms with Gasteiger partial charge in [0.05, 0.1) is 24.9 Å². The van der Waals surface area contributed by atoms with E-state index in [-0.39, 0.29) is 37.5 Å². The van der Waals surface area contributed by atoms with Crippen LogP contribution < -0.4 is 15.4 Å². The number of aliphatic hydroxyl groups excluding tert-OH is 1. The number of benzene rings is 1. The number of carbonyl (C=O) groups excluding carboxylic acids is 2. The van der Waals surface area contributed by atoms with Gasteiger partial charge in [-0.2, -0.15) is 0 Å². The van der Waals surface area contributed by atoms with Crippen molar-refractivity contribution in [3.8, 4) is 11.5 Å². The van der Waals surface area contributed by atoms with Crippen LogP contribution in [0, 0.1) is 17.0 Å². The third kappa shape index (κ3) is 7.39. The number of carboxylic acid groups (broad SMARTS) is 1. The minimum Gasteiger partial charge on any atom is -0.480 e. The molecule has 4 rings (SSSR count). The Kier molecular flexibility index (Phi) is 9.76. The zero-order valence-corrected chi connectivity index (χ0v) is 22.0. The minimum absolute atomic E-state index is 0.0526. The molecule has 2 heterocycles. The Hall–Kier alpha value is -3.84. The minimum atomic E-state index is -1.61. The number of halogens is 2. The van der Waals surface area contributed by atoms with E-state index in [1.165, 1.54) is 42.9 Å². The van der Waals surface area contributed by atoms with Crippen molar-refractivity contribution in [1.82, 2.24) is 14.8 Å². The fraction of sp³-hybridized carbons (Fsp3) is 0.462. The summed E-state index contributed by atoms with van der Waals surface area (Å²) in [7, 11) is 0. The van der Waals surface area contributed by atoms with E-state index in [9.17, 15) is 28.3 Å². The molecule has 39 heavy (non-hydrogen) atoms. The molecule has 11 nitrogen and oxygen atoms in total. The zero-order chi connectivity index (χ0) is 28.7. The SMILES string of the molecule is CCN(CC)CC.O=C(Nc1cc(Oc2cc(F)c(NC(=O)C3(C(=O)O)CC3)cc2F)ccn1)N1CC(O)C1. The molecule has 2 fully saturated rings. The van der Waals surface area contributed by atoms with Crippen molar-refractivity contribution in [2.45, 2.75) is 39.7 Å². The Bertz CT molecular complexity index is 1190. The van der Waals surface area contributed by atoms with E-state index in [4.69, 9.17) is 9.84 Å². The van der Waals surface area contributed by atoms with Gasteiger partial charge in [-0.15, -0.1) is 0 Å². The number of carboxylic acids is 1. The molecule has 1 aromatic heterocycles. The van der Waals surface area contributed by atoms with Gasteiger partial charge in [0.1, 0.15) is 17.0 Å². The first-order valence-electron chi connectivity index (χ1n) is 12.7. The van der Waals surface area contributed by atoms with Crippen LogP contribution in [0.3, 0.4) is 0 Å². The number of aliphatic carboxylic acids is 1. The lowest BCUT2D eigenvalue weighted by molar-refractivity contribution is -0.147. The van der Waals surface area contributed by atoms with Crippen LogP contribution in [0.4, 0.5) is 25.1 Å². The van der Waals surface area contributed by atoms with Crippen LogP contribution in [0.5, 0.6) is 11.5 Å². The van der Waals surface area contributed by atoms with Crippen molar-refractivity contribution in [3.63, 3.8) is 0 Å². The predicted octanol–water partition coefficient (Wildman–Crippen LogP) is 3.51. The molecular weight excluding hydrogens is 516 g/mol. The summed E-state index contributed by atoms with van der Waals surface area (Å²) in [5.41, 5.74) is -2.11. The van der Waals surface area contributed by atoms with Gasteiger partial charge in [0.25, 0.3) is 0 Å². The van der Waals surface area contributed by atoms with Crippen molar-refractivity contribution < 1.29 is 38.1 Å². The molecule has 0 radical (unpaired) electrons. The number of ether oxygens (including phenoxy) is 1. The zero-order valence-electron chi connectivity index (χ0n) is 22.0. The Labute approximate surface area is 224 Å². The van der Waals surface area contributed by atoms with Crippen LogP contribution in [-0.4, -0.2) is 81.7 Å². The maximum atomic E-state index is 14.5. The first kappa shape index (κ1) is 29.7. The van der Waals surface area contributed by atoms with Crippen LogP contribution in [0.1, 0.15) is 33.6 Å². The van der Waals surface area contributed by atoms with E-state index >= 15 is 0 Å². The first-order valence-corrected chi connectivity index (χ1v) is 12.7.